The number of nitrogens with one attached hydrogen (secondary N) is 1. The van der Waals surface area contributed by atoms with Gasteiger partial charge in [-0.2, -0.15) is 0 Å². The van der Waals surface area contributed by atoms with Crippen LogP contribution in [0.5, 0.6) is 0 Å². The van der Waals surface area contributed by atoms with Crippen molar-refractivity contribution in [2.75, 3.05) is 5.32 Å². The Labute approximate surface area is 119 Å². The van der Waals surface area contributed by atoms with E-state index >= 15 is 0 Å². The number of nitrogens with zero attached hydrogens (tertiary/aromatic N) is 2. The molecular formula is C15H23N3S. The molecule has 19 heavy (non-hydrogen) atoms. The summed E-state index contributed by atoms with van der Waals surface area (Å²) in [5, 5.41) is 14.3. The average Bonchev–Trinajstić information content (AvgIpc) is 3.04. The Balaban J connectivity index is 1.59. The fourth-order valence-electron chi connectivity index (χ4n) is 3.44. The van der Waals surface area contributed by atoms with Crippen LogP contribution in [0.1, 0.15) is 38.6 Å². The summed E-state index contributed by atoms with van der Waals surface area (Å²) in [6.07, 6.45) is 8.56. The molecule has 4 atom stereocenters. The molecule has 0 saturated heterocycles. The van der Waals surface area contributed by atoms with Gasteiger partial charge in [0.05, 0.1) is 0 Å². The number of hydrogen-bond donors (Lipinski definition) is 1. The Morgan fingerprint density at radius 2 is 2.11 bits per heavy atom. The van der Waals surface area contributed by atoms with Crippen LogP contribution in [-0.4, -0.2) is 16.2 Å². The molecule has 1 aromatic rings. The third-order valence-corrected chi connectivity index (χ3v) is 5.25. The van der Waals surface area contributed by atoms with E-state index in [1.807, 2.05) is 0 Å². The lowest BCUT2D eigenvalue weighted by atomic mass is 9.88. The molecule has 1 aromatic heterocycles. The number of rotatable bonds is 5. The van der Waals surface area contributed by atoms with Gasteiger partial charge in [0.25, 0.3) is 0 Å². The predicted octanol–water partition coefficient (Wildman–Crippen LogP) is 3.75. The maximum atomic E-state index is 4.28. The van der Waals surface area contributed by atoms with Crippen LogP contribution in [0, 0.1) is 23.7 Å². The molecule has 3 nitrogen and oxygen atoms in total. The van der Waals surface area contributed by atoms with Crippen molar-refractivity contribution in [3.8, 4) is 0 Å². The molecule has 1 fully saturated rings. The molecule has 1 N–H and O–H groups in total. The highest BCUT2D eigenvalue weighted by Gasteiger charge is 2.38. The molecule has 4 heteroatoms. The van der Waals surface area contributed by atoms with Crippen molar-refractivity contribution in [3.05, 3.63) is 17.2 Å². The van der Waals surface area contributed by atoms with Crippen LogP contribution in [0.25, 0.3) is 0 Å². The molecule has 3 rings (SSSR count). The Bertz CT molecular complexity index is 466. The maximum absolute atomic E-state index is 4.28. The monoisotopic (exact) mass is 277 g/mol. The quantitative estimate of drug-likeness (QED) is 0.833. The highest BCUT2D eigenvalue weighted by Crippen LogP contribution is 2.45. The fraction of sp³-hybridized carbons (Fsp3) is 0.733. The molecule has 2 aliphatic rings. The molecular weight excluding hydrogens is 254 g/mol. The Hall–Kier alpha value is -0.900. The second-order valence-corrected chi connectivity index (χ2v) is 7.54. The highest BCUT2D eigenvalue weighted by atomic mass is 32.1. The van der Waals surface area contributed by atoms with Crippen LogP contribution in [0.2, 0.25) is 0 Å². The first-order chi connectivity index (χ1) is 9.11. The van der Waals surface area contributed by atoms with Crippen LogP contribution in [0.15, 0.2) is 12.2 Å². The lowest BCUT2D eigenvalue weighted by Gasteiger charge is -2.25. The van der Waals surface area contributed by atoms with E-state index in [0.717, 1.165) is 34.3 Å². The van der Waals surface area contributed by atoms with E-state index in [4.69, 9.17) is 0 Å². The summed E-state index contributed by atoms with van der Waals surface area (Å²) in [4.78, 5) is 0. The number of anilines is 1. The third kappa shape index (κ3) is 2.83. The van der Waals surface area contributed by atoms with Crippen LogP contribution < -0.4 is 5.32 Å². The zero-order valence-corrected chi connectivity index (χ0v) is 12.8. The number of aromatic nitrogens is 2. The molecule has 2 aliphatic carbocycles. The van der Waals surface area contributed by atoms with E-state index in [-0.39, 0.29) is 0 Å². The van der Waals surface area contributed by atoms with Crippen LogP contribution in [-0.2, 0) is 6.42 Å². The molecule has 2 bridgehead atoms. The summed E-state index contributed by atoms with van der Waals surface area (Å²) < 4.78 is 0. The minimum absolute atomic E-state index is 0.500. The van der Waals surface area contributed by atoms with Crippen molar-refractivity contribution in [2.45, 2.75) is 46.1 Å². The van der Waals surface area contributed by atoms with Gasteiger partial charge in [0.2, 0.25) is 5.13 Å². The SMILES string of the molecule is CC(C)Cc1nnc(NC(C)C2CC3C=CC2C3)s1. The van der Waals surface area contributed by atoms with Crippen molar-refractivity contribution in [1.29, 1.82) is 0 Å². The predicted molar refractivity (Wildman–Crippen MR) is 80.4 cm³/mol. The van der Waals surface area contributed by atoms with Crippen LogP contribution in [0.4, 0.5) is 5.13 Å². The van der Waals surface area contributed by atoms with Gasteiger partial charge in [0.1, 0.15) is 5.01 Å². The minimum Gasteiger partial charge on any atom is -0.357 e. The fourth-order valence-corrected chi connectivity index (χ4v) is 4.49. The normalized spacial score (nSPS) is 30.2. The molecule has 1 heterocycles. The summed E-state index contributed by atoms with van der Waals surface area (Å²) in [5.74, 6) is 3.04. The van der Waals surface area contributed by atoms with E-state index in [1.165, 1.54) is 12.8 Å². The maximum Gasteiger partial charge on any atom is 0.205 e. The van der Waals surface area contributed by atoms with Gasteiger partial charge in [-0.1, -0.05) is 37.3 Å². The molecule has 104 valence electrons. The van der Waals surface area contributed by atoms with E-state index < -0.39 is 0 Å². The molecule has 0 radical (unpaired) electrons. The Kier molecular flexibility index (Phi) is 3.61. The smallest absolute Gasteiger partial charge is 0.205 e. The van der Waals surface area contributed by atoms with E-state index in [9.17, 15) is 0 Å². The van der Waals surface area contributed by atoms with Gasteiger partial charge >= 0.3 is 0 Å². The zero-order valence-electron chi connectivity index (χ0n) is 12.0. The minimum atomic E-state index is 0.500. The van der Waals surface area contributed by atoms with E-state index in [2.05, 4.69) is 48.4 Å². The van der Waals surface area contributed by atoms with Gasteiger partial charge in [-0.15, -0.1) is 10.2 Å². The average molecular weight is 277 g/mol. The topological polar surface area (TPSA) is 37.8 Å². The Morgan fingerprint density at radius 3 is 2.74 bits per heavy atom. The summed E-state index contributed by atoms with van der Waals surface area (Å²) in [6, 6.07) is 0.500. The van der Waals surface area contributed by atoms with Crippen molar-refractivity contribution >= 4 is 16.5 Å². The number of allylic oxidation sites excluding steroid dienone is 2. The van der Waals surface area contributed by atoms with Gasteiger partial charge in [-0.25, -0.2) is 0 Å². The summed E-state index contributed by atoms with van der Waals surface area (Å²) >= 11 is 1.72. The van der Waals surface area contributed by atoms with Crippen LogP contribution >= 0.6 is 11.3 Å². The first-order valence-corrected chi connectivity index (χ1v) is 8.20. The molecule has 0 spiro atoms. The second-order valence-electron chi connectivity index (χ2n) is 6.48. The van der Waals surface area contributed by atoms with Gasteiger partial charge in [-0.3, -0.25) is 0 Å². The number of fused-ring (bicyclic) bond motifs is 2. The lowest BCUT2D eigenvalue weighted by Crippen LogP contribution is -2.28. The molecule has 0 aromatic carbocycles. The molecule has 1 saturated carbocycles. The standard InChI is InChI=1S/C15H23N3S/c1-9(2)6-14-17-18-15(19-14)16-10(3)13-8-11-4-5-12(13)7-11/h4-5,9-13H,6-8H2,1-3H3,(H,16,18). The second kappa shape index (κ2) is 5.23. The zero-order chi connectivity index (χ0) is 13.4. The summed E-state index contributed by atoms with van der Waals surface area (Å²) in [6.45, 7) is 6.74. The largest absolute Gasteiger partial charge is 0.357 e. The van der Waals surface area contributed by atoms with E-state index in [0.29, 0.717) is 12.0 Å². The van der Waals surface area contributed by atoms with Gasteiger partial charge < -0.3 is 5.32 Å². The summed E-state index contributed by atoms with van der Waals surface area (Å²) in [5.41, 5.74) is 0. The first-order valence-electron chi connectivity index (χ1n) is 7.39. The lowest BCUT2D eigenvalue weighted by molar-refractivity contribution is 0.399. The molecule has 0 aliphatic heterocycles. The van der Waals surface area contributed by atoms with Crippen LogP contribution in [0.3, 0.4) is 0 Å². The third-order valence-electron chi connectivity index (χ3n) is 4.37. The van der Waals surface area contributed by atoms with Gasteiger partial charge in [0, 0.05) is 12.5 Å². The van der Waals surface area contributed by atoms with Crippen molar-refractivity contribution in [1.82, 2.24) is 10.2 Å². The summed E-state index contributed by atoms with van der Waals surface area (Å²) in [7, 11) is 0. The first kappa shape index (κ1) is 13.1. The van der Waals surface area contributed by atoms with Crippen molar-refractivity contribution in [2.24, 2.45) is 23.7 Å². The van der Waals surface area contributed by atoms with E-state index in [1.54, 1.807) is 11.3 Å². The van der Waals surface area contributed by atoms with Gasteiger partial charge in [0.15, 0.2) is 0 Å². The number of hydrogen-bond acceptors (Lipinski definition) is 4. The van der Waals surface area contributed by atoms with Crippen molar-refractivity contribution in [3.63, 3.8) is 0 Å². The Morgan fingerprint density at radius 1 is 1.26 bits per heavy atom. The molecule has 0 amide bonds. The van der Waals surface area contributed by atoms with Crippen molar-refractivity contribution < 1.29 is 0 Å². The molecule has 4 unspecified atom stereocenters. The highest BCUT2D eigenvalue weighted by molar-refractivity contribution is 7.15. The van der Waals surface area contributed by atoms with Gasteiger partial charge in [-0.05, 0) is 43.4 Å².